The number of aryl methyl sites for hydroxylation is 1. The Labute approximate surface area is 157 Å². The Balaban J connectivity index is 1.98. The highest BCUT2D eigenvalue weighted by Gasteiger charge is 2.18. The van der Waals surface area contributed by atoms with Crippen LogP contribution in [0.2, 0.25) is 0 Å². The van der Waals surface area contributed by atoms with E-state index in [1.54, 1.807) is 32.1 Å². The summed E-state index contributed by atoms with van der Waals surface area (Å²) in [6.07, 6.45) is 5.56. The number of likely N-dealkylation sites (tertiary alicyclic amines) is 1. The fourth-order valence-corrected chi connectivity index (χ4v) is 4.60. The molecule has 0 aromatic carbocycles. The second kappa shape index (κ2) is 8.37. The average molecular weight is 378 g/mol. The minimum atomic E-state index is -0.362. The van der Waals surface area contributed by atoms with Gasteiger partial charge in [0.25, 0.3) is 5.56 Å². The first kappa shape index (κ1) is 19.1. The molecule has 26 heavy (non-hydrogen) atoms. The van der Waals surface area contributed by atoms with Gasteiger partial charge in [0, 0.05) is 50.2 Å². The van der Waals surface area contributed by atoms with E-state index in [0.717, 1.165) is 40.4 Å². The lowest BCUT2D eigenvalue weighted by molar-refractivity contribution is 0.183. The summed E-state index contributed by atoms with van der Waals surface area (Å²) in [6.45, 7) is 3.69. The summed E-state index contributed by atoms with van der Waals surface area (Å²) in [5.41, 5.74) is 0.658. The number of nitrogens with zero attached hydrogens (tertiary/aromatic N) is 4. The summed E-state index contributed by atoms with van der Waals surface area (Å²) < 4.78 is 7.88. The van der Waals surface area contributed by atoms with Crippen molar-refractivity contribution in [2.75, 3.05) is 32.5 Å². The van der Waals surface area contributed by atoms with E-state index in [-0.39, 0.29) is 11.2 Å². The van der Waals surface area contributed by atoms with E-state index in [0.29, 0.717) is 17.6 Å². The molecule has 0 radical (unpaired) electrons. The Bertz CT molecular complexity index is 900. The van der Waals surface area contributed by atoms with Crippen LogP contribution in [0.15, 0.2) is 20.7 Å². The third kappa shape index (κ3) is 3.72. The summed E-state index contributed by atoms with van der Waals surface area (Å²) in [5.74, 6) is 0.891. The smallest absolute Gasteiger partial charge is 0.332 e. The van der Waals surface area contributed by atoms with Gasteiger partial charge in [-0.1, -0.05) is 6.42 Å². The minimum Gasteiger partial charge on any atom is -0.380 e. The van der Waals surface area contributed by atoms with Crippen LogP contribution in [0, 0.1) is 0 Å². The van der Waals surface area contributed by atoms with E-state index < -0.39 is 0 Å². The van der Waals surface area contributed by atoms with Crippen LogP contribution in [0.4, 0.5) is 0 Å². The van der Waals surface area contributed by atoms with Gasteiger partial charge in [-0.3, -0.25) is 13.9 Å². The van der Waals surface area contributed by atoms with Crippen LogP contribution in [-0.2, 0) is 25.4 Å². The summed E-state index contributed by atoms with van der Waals surface area (Å²) in [4.78, 5) is 32.7. The fourth-order valence-electron chi connectivity index (χ4n) is 3.42. The van der Waals surface area contributed by atoms with Crippen LogP contribution in [0.5, 0.6) is 0 Å². The van der Waals surface area contributed by atoms with Gasteiger partial charge in [-0.15, -0.1) is 11.8 Å². The van der Waals surface area contributed by atoms with Crippen molar-refractivity contribution in [1.29, 1.82) is 0 Å². The first-order valence-electron chi connectivity index (χ1n) is 8.96. The Morgan fingerprint density at radius 1 is 1.15 bits per heavy atom. The molecule has 0 bridgehead atoms. The van der Waals surface area contributed by atoms with Crippen LogP contribution in [-0.4, -0.2) is 51.5 Å². The molecule has 0 atom stereocenters. The number of piperidine rings is 1. The van der Waals surface area contributed by atoms with Gasteiger partial charge in [-0.05, 0) is 25.9 Å². The normalized spacial score (nSPS) is 15.7. The predicted molar refractivity (Wildman–Crippen MR) is 104 cm³/mol. The molecule has 142 valence electrons. The summed E-state index contributed by atoms with van der Waals surface area (Å²) in [7, 11) is 4.79. The second-order valence-corrected chi connectivity index (χ2v) is 7.81. The molecule has 1 aliphatic rings. The highest BCUT2D eigenvalue weighted by Crippen LogP contribution is 2.28. The molecule has 0 amide bonds. The van der Waals surface area contributed by atoms with Gasteiger partial charge in [0.15, 0.2) is 0 Å². The quantitative estimate of drug-likeness (QED) is 0.707. The number of thioether (sulfide) groups is 1. The zero-order valence-electron chi connectivity index (χ0n) is 15.7. The molecule has 1 aliphatic heterocycles. The molecule has 1 fully saturated rings. The standard InChI is InChI=1S/C18H26N4O3S/c1-20-16-14(17(23)21(2)18(20)24)15(13(11-19-16)12-25-3)26-10-9-22-7-5-4-6-8-22/h11H,4-10,12H2,1-3H3. The van der Waals surface area contributed by atoms with Gasteiger partial charge >= 0.3 is 5.69 Å². The summed E-state index contributed by atoms with van der Waals surface area (Å²) >= 11 is 1.66. The first-order valence-corrected chi connectivity index (χ1v) is 9.95. The number of ether oxygens (including phenoxy) is 1. The highest BCUT2D eigenvalue weighted by atomic mass is 32.2. The Kier molecular flexibility index (Phi) is 6.16. The van der Waals surface area contributed by atoms with E-state index in [4.69, 9.17) is 4.74 Å². The van der Waals surface area contributed by atoms with E-state index in [9.17, 15) is 9.59 Å². The average Bonchev–Trinajstić information content (AvgIpc) is 2.66. The molecule has 3 rings (SSSR count). The first-order chi connectivity index (χ1) is 12.5. The van der Waals surface area contributed by atoms with Gasteiger partial charge in [0.1, 0.15) is 5.65 Å². The van der Waals surface area contributed by atoms with Gasteiger partial charge in [0.05, 0.1) is 12.0 Å². The van der Waals surface area contributed by atoms with Crippen molar-refractivity contribution in [1.82, 2.24) is 19.0 Å². The molecule has 1 saturated heterocycles. The maximum atomic E-state index is 12.8. The molecule has 0 unspecified atom stereocenters. The number of fused-ring (bicyclic) bond motifs is 1. The van der Waals surface area contributed by atoms with Gasteiger partial charge in [-0.2, -0.15) is 0 Å². The molecule has 0 N–H and O–H groups in total. The van der Waals surface area contributed by atoms with Crippen molar-refractivity contribution in [3.05, 3.63) is 32.6 Å². The number of aromatic nitrogens is 3. The molecule has 2 aromatic rings. The van der Waals surface area contributed by atoms with Gasteiger partial charge < -0.3 is 9.64 Å². The fraction of sp³-hybridized carbons (Fsp3) is 0.611. The maximum Gasteiger partial charge on any atom is 0.332 e. The molecule has 7 nitrogen and oxygen atoms in total. The van der Waals surface area contributed by atoms with E-state index in [1.807, 2.05) is 0 Å². The molecule has 3 heterocycles. The van der Waals surface area contributed by atoms with Crippen LogP contribution in [0.25, 0.3) is 11.0 Å². The summed E-state index contributed by atoms with van der Waals surface area (Å²) in [5, 5.41) is 0.507. The molecule has 2 aromatic heterocycles. The van der Waals surface area contributed by atoms with Crippen LogP contribution < -0.4 is 11.2 Å². The third-order valence-electron chi connectivity index (χ3n) is 4.90. The third-order valence-corrected chi connectivity index (χ3v) is 6.04. The molecule has 0 saturated carbocycles. The number of hydrogen-bond acceptors (Lipinski definition) is 6. The van der Waals surface area contributed by atoms with Crippen molar-refractivity contribution in [3.63, 3.8) is 0 Å². The van der Waals surface area contributed by atoms with Crippen LogP contribution >= 0.6 is 11.8 Å². The van der Waals surface area contributed by atoms with Gasteiger partial charge in [-0.25, -0.2) is 9.78 Å². The van der Waals surface area contributed by atoms with Crippen LogP contribution in [0.3, 0.4) is 0 Å². The highest BCUT2D eigenvalue weighted by molar-refractivity contribution is 7.99. The monoisotopic (exact) mass is 378 g/mol. The topological polar surface area (TPSA) is 69.4 Å². The molecule has 0 aliphatic carbocycles. The number of hydrogen-bond donors (Lipinski definition) is 0. The SMILES string of the molecule is COCc1cnc2c(c1SCCN1CCCCC1)c(=O)n(C)c(=O)n2C. The van der Waals surface area contributed by atoms with Crippen molar-refractivity contribution >= 4 is 22.8 Å². The number of pyridine rings is 1. The lowest BCUT2D eigenvalue weighted by atomic mass is 10.1. The minimum absolute atomic E-state index is 0.297. The lowest BCUT2D eigenvalue weighted by Crippen LogP contribution is -2.37. The van der Waals surface area contributed by atoms with Crippen molar-refractivity contribution in [3.8, 4) is 0 Å². The predicted octanol–water partition coefficient (Wildman–Crippen LogP) is 1.36. The van der Waals surface area contributed by atoms with E-state index in [2.05, 4.69) is 9.88 Å². The largest absolute Gasteiger partial charge is 0.380 e. The van der Waals surface area contributed by atoms with Crippen molar-refractivity contribution in [2.45, 2.75) is 30.8 Å². The Hall–Kier alpha value is -1.64. The maximum absolute atomic E-state index is 12.8. The molecule has 8 heteroatoms. The zero-order valence-corrected chi connectivity index (χ0v) is 16.5. The molecule has 0 spiro atoms. The Morgan fingerprint density at radius 2 is 1.88 bits per heavy atom. The van der Waals surface area contributed by atoms with Gasteiger partial charge in [0.2, 0.25) is 0 Å². The second-order valence-electron chi connectivity index (χ2n) is 6.70. The molecular formula is C18H26N4O3S. The number of methoxy groups -OCH3 is 1. The molecular weight excluding hydrogens is 352 g/mol. The summed E-state index contributed by atoms with van der Waals surface area (Å²) in [6, 6.07) is 0. The zero-order chi connectivity index (χ0) is 18.7. The van der Waals surface area contributed by atoms with Crippen molar-refractivity contribution in [2.24, 2.45) is 14.1 Å². The lowest BCUT2D eigenvalue weighted by Gasteiger charge is -2.26. The van der Waals surface area contributed by atoms with Crippen molar-refractivity contribution < 1.29 is 4.74 Å². The Morgan fingerprint density at radius 3 is 2.58 bits per heavy atom. The van der Waals surface area contributed by atoms with E-state index in [1.165, 1.54) is 30.9 Å². The van der Waals surface area contributed by atoms with Crippen LogP contribution in [0.1, 0.15) is 24.8 Å². The number of rotatable bonds is 6. The van der Waals surface area contributed by atoms with E-state index >= 15 is 0 Å².